The molecule has 0 aromatic heterocycles. The zero-order chi connectivity index (χ0) is 7.98. The number of guanidine groups is 2. The average Bonchev–Trinajstić information content (AvgIpc) is 1.82. The molecule has 10 heavy (non-hydrogen) atoms. The van der Waals surface area contributed by atoms with Crippen molar-refractivity contribution in [3.8, 4) is 12.3 Å². The minimum Gasteiger partial charge on any atom is -0.370 e. The molecule has 0 aromatic rings. The summed E-state index contributed by atoms with van der Waals surface area (Å²) >= 11 is 0. The van der Waals surface area contributed by atoms with Crippen molar-refractivity contribution in [3.05, 3.63) is 0 Å². The van der Waals surface area contributed by atoms with Crippen molar-refractivity contribution in [2.24, 2.45) is 27.2 Å². The van der Waals surface area contributed by atoms with E-state index < -0.39 is 0 Å². The minimum absolute atomic E-state index is 0.00190. The van der Waals surface area contributed by atoms with E-state index >= 15 is 0 Å². The van der Waals surface area contributed by atoms with Crippen LogP contribution in [0.5, 0.6) is 0 Å². The smallest absolute Gasteiger partial charge is 0.219 e. The summed E-state index contributed by atoms with van der Waals surface area (Å²) in [6, 6.07) is 0. The molecule has 0 aliphatic rings. The van der Waals surface area contributed by atoms with Crippen LogP contribution in [-0.2, 0) is 0 Å². The maximum absolute atomic E-state index is 5.17. The predicted molar refractivity (Wildman–Crippen MR) is 41.1 cm³/mol. The third-order valence-corrected chi connectivity index (χ3v) is 0.576. The highest BCUT2D eigenvalue weighted by molar-refractivity contribution is 5.92. The van der Waals surface area contributed by atoms with E-state index in [9.17, 15) is 0 Å². The van der Waals surface area contributed by atoms with Crippen molar-refractivity contribution in [1.29, 1.82) is 0 Å². The monoisotopic (exact) mass is 139 g/mol. The Morgan fingerprint density at radius 3 is 2.40 bits per heavy atom. The lowest BCUT2D eigenvalue weighted by Crippen LogP contribution is -2.26. The highest BCUT2D eigenvalue weighted by atomic mass is 15.1. The molecule has 0 heterocycles. The summed E-state index contributed by atoms with van der Waals surface area (Å²) in [6.07, 6.45) is 4.88. The predicted octanol–water partition coefficient (Wildman–Crippen LogP) is -1.79. The molecule has 5 nitrogen and oxygen atoms in total. The van der Waals surface area contributed by atoms with Crippen molar-refractivity contribution in [1.82, 2.24) is 0 Å². The number of hydrogen-bond acceptors (Lipinski definition) is 1. The van der Waals surface area contributed by atoms with Gasteiger partial charge >= 0.3 is 0 Å². The molecule has 0 amide bonds. The Labute approximate surface area is 59.0 Å². The lowest BCUT2D eigenvalue weighted by molar-refractivity contribution is 1.24. The molecular weight excluding hydrogens is 130 g/mol. The summed E-state index contributed by atoms with van der Waals surface area (Å²) in [5.74, 6) is 2.12. The standard InChI is InChI=1S/C5H9N5/c1-2-3-9-5(8)10-4(6)7/h1H,3H2,(H6,6,7,8,9,10). The first-order valence-electron chi connectivity index (χ1n) is 2.50. The highest BCUT2D eigenvalue weighted by Crippen LogP contribution is 1.70. The normalized spacial score (nSPS) is 10.1. The van der Waals surface area contributed by atoms with Crippen LogP contribution < -0.4 is 17.2 Å². The van der Waals surface area contributed by atoms with Gasteiger partial charge in [-0.15, -0.1) is 6.42 Å². The summed E-state index contributed by atoms with van der Waals surface area (Å²) in [5.41, 5.74) is 15.1. The zero-order valence-electron chi connectivity index (χ0n) is 5.41. The van der Waals surface area contributed by atoms with Crippen LogP contribution in [0.4, 0.5) is 0 Å². The number of hydrogen-bond donors (Lipinski definition) is 3. The van der Waals surface area contributed by atoms with Crippen LogP contribution in [0.3, 0.4) is 0 Å². The Morgan fingerprint density at radius 2 is 2.00 bits per heavy atom. The number of aliphatic imine (C=N–C) groups is 2. The first-order chi connectivity index (χ1) is 4.66. The summed E-state index contributed by atoms with van der Waals surface area (Å²) in [5, 5.41) is 0. The van der Waals surface area contributed by atoms with Crippen LogP contribution in [-0.4, -0.2) is 18.5 Å². The SMILES string of the molecule is C#CCN=C(N)N=C(N)N. The Bertz CT molecular complexity index is 193. The van der Waals surface area contributed by atoms with E-state index in [4.69, 9.17) is 23.6 Å². The molecule has 0 aliphatic carbocycles. The minimum atomic E-state index is -0.127. The zero-order valence-corrected chi connectivity index (χ0v) is 5.41. The summed E-state index contributed by atoms with van der Waals surface area (Å²) in [4.78, 5) is 7.01. The van der Waals surface area contributed by atoms with E-state index in [1.165, 1.54) is 0 Å². The van der Waals surface area contributed by atoms with Crippen molar-refractivity contribution in [3.63, 3.8) is 0 Å². The highest BCUT2D eigenvalue weighted by Gasteiger charge is 1.84. The summed E-state index contributed by atoms with van der Waals surface area (Å²) in [7, 11) is 0. The Balaban J connectivity index is 3.98. The molecule has 0 saturated heterocycles. The van der Waals surface area contributed by atoms with E-state index in [1.54, 1.807) is 0 Å². The van der Waals surface area contributed by atoms with Crippen molar-refractivity contribution < 1.29 is 0 Å². The fourth-order valence-corrected chi connectivity index (χ4v) is 0.294. The van der Waals surface area contributed by atoms with Gasteiger partial charge in [0, 0.05) is 0 Å². The van der Waals surface area contributed by atoms with Crippen LogP contribution in [0.25, 0.3) is 0 Å². The van der Waals surface area contributed by atoms with Gasteiger partial charge in [0.15, 0.2) is 5.96 Å². The van der Waals surface area contributed by atoms with Gasteiger partial charge in [-0.3, -0.25) is 0 Å². The first-order valence-corrected chi connectivity index (χ1v) is 2.50. The maximum atomic E-state index is 5.17. The molecule has 0 bridgehead atoms. The summed E-state index contributed by atoms with van der Waals surface area (Å²) < 4.78 is 0. The van der Waals surface area contributed by atoms with E-state index in [1.807, 2.05) is 0 Å². The fourth-order valence-electron chi connectivity index (χ4n) is 0.294. The molecule has 0 saturated carbocycles. The quantitative estimate of drug-likeness (QED) is 0.227. The number of rotatable bonds is 1. The van der Waals surface area contributed by atoms with Crippen LogP contribution >= 0.6 is 0 Å². The van der Waals surface area contributed by atoms with Crippen LogP contribution in [0.2, 0.25) is 0 Å². The van der Waals surface area contributed by atoms with E-state index in [-0.39, 0.29) is 18.5 Å². The number of nitrogens with two attached hydrogens (primary N) is 3. The molecule has 0 atom stereocenters. The van der Waals surface area contributed by atoms with Gasteiger partial charge in [-0.05, 0) is 0 Å². The summed E-state index contributed by atoms with van der Waals surface area (Å²) in [6.45, 7) is 0.183. The molecule has 0 spiro atoms. The molecular formula is C5H9N5. The lowest BCUT2D eigenvalue weighted by atomic mass is 10.7. The van der Waals surface area contributed by atoms with Gasteiger partial charge in [-0.25, -0.2) is 4.99 Å². The van der Waals surface area contributed by atoms with Crippen LogP contribution in [0.1, 0.15) is 0 Å². The third kappa shape index (κ3) is 4.46. The average molecular weight is 139 g/mol. The Kier molecular flexibility index (Phi) is 3.49. The van der Waals surface area contributed by atoms with Crippen molar-refractivity contribution in [2.45, 2.75) is 0 Å². The van der Waals surface area contributed by atoms with Crippen molar-refractivity contribution in [2.75, 3.05) is 6.54 Å². The third-order valence-electron chi connectivity index (χ3n) is 0.576. The molecule has 0 rings (SSSR count). The number of nitrogens with zero attached hydrogens (tertiary/aromatic N) is 2. The second-order valence-electron chi connectivity index (χ2n) is 1.42. The Hall–Kier alpha value is -1.70. The van der Waals surface area contributed by atoms with E-state index in [0.717, 1.165) is 0 Å². The molecule has 5 heteroatoms. The second kappa shape index (κ2) is 4.21. The van der Waals surface area contributed by atoms with Gasteiger partial charge in [0.2, 0.25) is 5.96 Å². The lowest BCUT2D eigenvalue weighted by Gasteiger charge is -1.90. The van der Waals surface area contributed by atoms with Crippen LogP contribution in [0.15, 0.2) is 9.98 Å². The second-order valence-corrected chi connectivity index (χ2v) is 1.42. The van der Waals surface area contributed by atoms with Crippen LogP contribution in [0, 0.1) is 12.3 Å². The van der Waals surface area contributed by atoms with E-state index in [2.05, 4.69) is 15.9 Å². The van der Waals surface area contributed by atoms with E-state index in [0.29, 0.717) is 0 Å². The molecule has 0 radical (unpaired) electrons. The molecule has 6 N–H and O–H groups in total. The largest absolute Gasteiger partial charge is 0.370 e. The van der Waals surface area contributed by atoms with Gasteiger partial charge < -0.3 is 17.2 Å². The topological polar surface area (TPSA) is 103 Å². The van der Waals surface area contributed by atoms with Gasteiger partial charge in [0.25, 0.3) is 0 Å². The molecule has 0 aliphatic heterocycles. The maximum Gasteiger partial charge on any atom is 0.219 e. The van der Waals surface area contributed by atoms with Gasteiger partial charge in [-0.1, -0.05) is 5.92 Å². The molecule has 0 unspecified atom stereocenters. The van der Waals surface area contributed by atoms with Gasteiger partial charge in [-0.2, -0.15) is 4.99 Å². The van der Waals surface area contributed by atoms with Crippen molar-refractivity contribution >= 4 is 11.9 Å². The fraction of sp³-hybridized carbons (Fsp3) is 0.200. The van der Waals surface area contributed by atoms with Gasteiger partial charge in [0.05, 0.1) is 0 Å². The van der Waals surface area contributed by atoms with Gasteiger partial charge in [0.1, 0.15) is 6.54 Å². The Morgan fingerprint density at radius 1 is 1.40 bits per heavy atom. The number of terminal acetylenes is 1. The first kappa shape index (κ1) is 8.30. The molecule has 54 valence electrons. The molecule has 0 fully saturated rings. The molecule has 0 aromatic carbocycles.